The fraction of sp³-hybridized carbons (Fsp3) is 0.756. The Kier molecular flexibility index (Phi) is 12.0. The Morgan fingerprint density at radius 1 is 1.00 bits per heavy atom. The van der Waals surface area contributed by atoms with Crippen molar-refractivity contribution in [3.8, 4) is 0 Å². The van der Waals surface area contributed by atoms with Gasteiger partial charge in [0.1, 0.15) is 18.2 Å². The van der Waals surface area contributed by atoms with Gasteiger partial charge in [-0.3, -0.25) is 14.4 Å². The summed E-state index contributed by atoms with van der Waals surface area (Å²) in [6.07, 6.45) is 6.79. The van der Waals surface area contributed by atoms with Crippen LogP contribution in [-0.4, -0.2) is 69.4 Å². The van der Waals surface area contributed by atoms with E-state index in [0.717, 1.165) is 25.7 Å². The lowest BCUT2D eigenvalue weighted by atomic mass is 9.34. The maximum atomic E-state index is 13.7. The van der Waals surface area contributed by atoms with E-state index in [0.29, 0.717) is 56.8 Å². The number of hydrogen-bond donors (Lipinski definition) is 3. The number of carbonyl (C=O) groups is 3. The third kappa shape index (κ3) is 7.20. The quantitative estimate of drug-likeness (QED) is 0.105. The molecule has 0 aromatic heterocycles. The lowest BCUT2D eigenvalue weighted by Gasteiger charge is -2.71. The molecule has 4 fully saturated rings. The van der Waals surface area contributed by atoms with Crippen LogP contribution in [-0.2, 0) is 38.6 Å². The van der Waals surface area contributed by atoms with E-state index in [1.165, 1.54) is 12.5 Å². The van der Waals surface area contributed by atoms with Crippen molar-refractivity contribution in [3.63, 3.8) is 0 Å². The van der Waals surface area contributed by atoms with Crippen molar-refractivity contribution in [1.29, 1.82) is 0 Å². The molecule has 12 heteroatoms. The molecule has 1 aromatic carbocycles. The van der Waals surface area contributed by atoms with Crippen LogP contribution in [0, 0.1) is 63.6 Å². The van der Waals surface area contributed by atoms with Gasteiger partial charge < -0.3 is 25.1 Å². The number of unbranched alkanes of at least 4 members (excludes halogenated alkanes) is 1. The molecule has 0 spiro atoms. The highest BCUT2D eigenvalue weighted by Gasteiger charge is 2.72. The van der Waals surface area contributed by atoms with E-state index in [-0.39, 0.29) is 40.0 Å². The topological polar surface area (TPSA) is 171 Å². The van der Waals surface area contributed by atoms with Crippen LogP contribution in [0.3, 0.4) is 0 Å². The predicted molar refractivity (Wildman–Crippen MR) is 217 cm³/mol. The normalized spacial score (nSPS) is 38.4. The Morgan fingerprint density at radius 3 is 2.35 bits per heavy atom. The second-order valence-electron chi connectivity index (χ2n) is 19.8. The van der Waals surface area contributed by atoms with Gasteiger partial charge >= 0.3 is 17.9 Å². The van der Waals surface area contributed by atoms with Gasteiger partial charge in [-0.15, -0.1) is 0 Å². The lowest BCUT2D eigenvalue weighted by molar-refractivity contribution is -0.263. The van der Waals surface area contributed by atoms with E-state index in [1.54, 1.807) is 31.2 Å². The minimum Gasteiger partial charge on any atom is -0.481 e. The number of allylic oxidation sites excluding steroid dienone is 1. The summed E-state index contributed by atoms with van der Waals surface area (Å²) < 4.78 is 47.2. The van der Waals surface area contributed by atoms with E-state index in [9.17, 15) is 27.9 Å². The van der Waals surface area contributed by atoms with Crippen LogP contribution < -0.4 is 10.5 Å². The Bertz CT molecular complexity index is 1870. The van der Waals surface area contributed by atoms with E-state index >= 15 is 0 Å². The summed E-state index contributed by atoms with van der Waals surface area (Å²) in [4.78, 5) is 40.2. The van der Waals surface area contributed by atoms with E-state index in [4.69, 9.17) is 19.9 Å². The molecule has 4 aliphatic carbocycles. The Hall–Kier alpha value is -2.80. The number of benzene rings is 1. The largest absolute Gasteiger partial charge is 0.481 e. The zero-order chi connectivity index (χ0) is 41.9. The first-order valence-corrected chi connectivity index (χ1v) is 22.8. The van der Waals surface area contributed by atoms with E-state index in [1.807, 2.05) is 0 Å². The van der Waals surface area contributed by atoms with Gasteiger partial charge in [-0.05, 0) is 110 Å². The van der Waals surface area contributed by atoms with E-state index in [2.05, 4.69) is 59.3 Å². The fourth-order valence-corrected chi connectivity index (χ4v) is 14.4. The molecule has 11 nitrogen and oxygen atoms in total. The number of fused-ring (bicyclic) bond motifs is 3. The van der Waals surface area contributed by atoms with Gasteiger partial charge in [0.05, 0.1) is 24.0 Å². The molecule has 3 saturated carbocycles. The van der Waals surface area contributed by atoms with Crippen molar-refractivity contribution in [2.75, 3.05) is 19.8 Å². The van der Waals surface area contributed by atoms with Crippen molar-refractivity contribution in [2.24, 2.45) is 62.4 Å². The molecule has 0 radical (unpaired) electrons. The number of carbonyl (C=O) groups excluding carboxylic acids is 2. The van der Waals surface area contributed by atoms with Crippen LogP contribution in [0.15, 0.2) is 40.8 Å². The molecule has 1 unspecified atom stereocenters. The van der Waals surface area contributed by atoms with Crippen LogP contribution in [0.25, 0.3) is 0 Å². The predicted octanol–water partition coefficient (Wildman–Crippen LogP) is 7.20. The number of esters is 2. The Balaban J connectivity index is 1.21. The standard InChI is InChI=1S/C45H68N2O9S/c1-27(2)29(4)41(6)21-22-43(8)31-17-18-36-42(7)25-54-26-45(36,32(31)19-20-44(43,9)37(41)39(49)50)24-34(55-30(5)48)38(42)56-40(51)33(46)15-12-13-23-47-57(52,53)35-16-11-10-14-28(35)3/h10-11,14,16,19,27,29,31,33-34,36-38,47H,12-13,15,17-18,20-26,46H2,1-9H3,(H,49,50)/t29-,31+,33?,34-,36+,37-,38+,41-,42-,43-,44+,45+/m1/s1. The summed E-state index contributed by atoms with van der Waals surface area (Å²) in [5.74, 6) is -1.39. The summed E-state index contributed by atoms with van der Waals surface area (Å²) in [6, 6.07) is 5.87. The maximum Gasteiger partial charge on any atom is 0.323 e. The number of ether oxygens (including phenoxy) is 3. The summed E-state index contributed by atoms with van der Waals surface area (Å²) >= 11 is 0. The molecule has 1 aliphatic heterocycles. The molecule has 1 saturated heterocycles. The van der Waals surface area contributed by atoms with Gasteiger partial charge in [-0.1, -0.05) is 84.7 Å². The van der Waals surface area contributed by atoms with Crippen LogP contribution in [0.2, 0.25) is 0 Å². The molecule has 5 aliphatic rings. The van der Waals surface area contributed by atoms with Gasteiger partial charge in [0.25, 0.3) is 0 Å². The van der Waals surface area contributed by atoms with Gasteiger partial charge in [0, 0.05) is 24.3 Å². The smallest absolute Gasteiger partial charge is 0.323 e. The average Bonchev–Trinajstić information content (AvgIpc) is 3.12. The average molecular weight is 813 g/mol. The molecule has 318 valence electrons. The van der Waals surface area contributed by atoms with Gasteiger partial charge in [-0.25, -0.2) is 13.1 Å². The van der Waals surface area contributed by atoms with E-state index < -0.39 is 68.3 Å². The van der Waals surface area contributed by atoms with Crippen LogP contribution in [0.5, 0.6) is 0 Å². The Morgan fingerprint density at radius 2 is 1.70 bits per heavy atom. The molecule has 0 amide bonds. The van der Waals surface area contributed by atoms with Gasteiger partial charge in [-0.2, -0.15) is 0 Å². The molecule has 4 N–H and O–H groups in total. The van der Waals surface area contributed by atoms with Gasteiger partial charge in [0.15, 0.2) is 0 Å². The van der Waals surface area contributed by atoms with Gasteiger partial charge in [0.2, 0.25) is 10.0 Å². The number of nitrogens with two attached hydrogens (primary N) is 1. The summed E-state index contributed by atoms with van der Waals surface area (Å²) in [7, 11) is -3.66. The number of aliphatic carboxylic acids is 1. The van der Waals surface area contributed by atoms with Crippen molar-refractivity contribution in [3.05, 3.63) is 41.5 Å². The summed E-state index contributed by atoms with van der Waals surface area (Å²) in [6.45, 7) is 19.7. The van der Waals surface area contributed by atoms with Crippen LogP contribution >= 0.6 is 0 Å². The second kappa shape index (κ2) is 15.7. The molecule has 1 aromatic rings. The second-order valence-corrected chi connectivity index (χ2v) is 21.6. The Labute approximate surface area is 340 Å². The molecule has 57 heavy (non-hydrogen) atoms. The number of nitrogens with one attached hydrogen (secondary N) is 1. The van der Waals surface area contributed by atoms with Crippen molar-refractivity contribution >= 4 is 27.9 Å². The minimum absolute atomic E-state index is 0.0846. The highest BCUT2D eigenvalue weighted by Crippen LogP contribution is 2.75. The first kappa shape index (κ1) is 43.8. The molecule has 6 rings (SSSR count). The minimum atomic E-state index is -3.66. The number of carboxylic acid groups (broad SMARTS) is 1. The summed E-state index contributed by atoms with van der Waals surface area (Å²) in [5.41, 5.74) is 6.19. The molecule has 2 bridgehead atoms. The number of rotatable bonds is 13. The third-order valence-electron chi connectivity index (χ3n) is 16.6. The molecule has 1 heterocycles. The summed E-state index contributed by atoms with van der Waals surface area (Å²) in [5, 5.41) is 11.0. The lowest BCUT2D eigenvalue weighted by Crippen LogP contribution is -2.70. The fourth-order valence-electron chi connectivity index (χ4n) is 13.1. The third-order valence-corrected chi connectivity index (χ3v) is 18.2. The molecular formula is C45H68N2O9S. The van der Waals surface area contributed by atoms with Crippen molar-refractivity contribution in [2.45, 2.75) is 143 Å². The van der Waals surface area contributed by atoms with Crippen molar-refractivity contribution in [1.82, 2.24) is 4.72 Å². The molecular weight excluding hydrogens is 745 g/mol. The highest BCUT2D eigenvalue weighted by molar-refractivity contribution is 7.89. The van der Waals surface area contributed by atoms with Crippen molar-refractivity contribution < 1.29 is 42.1 Å². The number of hydrogen-bond acceptors (Lipinski definition) is 9. The zero-order valence-electron chi connectivity index (χ0n) is 35.7. The monoisotopic (exact) mass is 812 g/mol. The molecule has 12 atom stereocenters. The SMILES string of the molecule is CC(=O)O[C@@H]1C[C@@]23COC[C@](C)([C@@H]2CC[C@H]2C3=CC[C@@]3(C)[C@H](C(=O)O)[C@@](C)([C@H](C)C(C)C)CC[C@]23C)[C@H]1OC(=O)C(N)CCCCNS(=O)(=O)c1ccccc1C. The highest BCUT2D eigenvalue weighted by atomic mass is 32.2. The number of carboxylic acids is 1. The zero-order valence-corrected chi connectivity index (χ0v) is 36.5. The first-order chi connectivity index (χ1) is 26.6. The van der Waals surface area contributed by atoms with Crippen LogP contribution in [0.1, 0.15) is 119 Å². The number of aryl methyl sites for hydroxylation is 1. The number of sulfonamides is 1. The van der Waals surface area contributed by atoms with Crippen LogP contribution in [0.4, 0.5) is 0 Å². The maximum absolute atomic E-state index is 13.7. The first-order valence-electron chi connectivity index (χ1n) is 21.3.